The zero-order valence-corrected chi connectivity index (χ0v) is 15.9. The minimum atomic E-state index is -0.250. The molecule has 3 aromatic rings. The number of para-hydroxylation sites is 1. The summed E-state index contributed by atoms with van der Waals surface area (Å²) in [7, 11) is 1.66. The van der Waals surface area contributed by atoms with Gasteiger partial charge in [-0.1, -0.05) is 48.5 Å². The SMILES string of the molecule is COc1ccccc1-c1ccnc(N2NC(NC=O)=NC2Cc2ccccc2)c1. The Bertz CT molecular complexity index is 1020. The van der Waals surface area contributed by atoms with Crippen LogP contribution in [-0.2, 0) is 11.2 Å². The molecule has 2 N–H and O–H groups in total. The van der Waals surface area contributed by atoms with E-state index in [2.05, 4.69) is 32.9 Å². The monoisotopic (exact) mass is 387 g/mol. The zero-order chi connectivity index (χ0) is 20.1. The van der Waals surface area contributed by atoms with Gasteiger partial charge in [0.15, 0.2) is 0 Å². The van der Waals surface area contributed by atoms with Gasteiger partial charge in [0.1, 0.15) is 17.7 Å². The van der Waals surface area contributed by atoms with E-state index in [1.165, 1.54) is 0 Å². The number of methoxy groups -OCH3 is 1. The molecule has 1 aromatic heterocycles. The quantitative estimate of drug-likeness (QED) is 0.636. The summed E-state index contributed by atoms with van der Waals surface area (Å²) in [5, 5.41) is 4.45. The number of carbonyl (C=O) groups excluding carboxylic acids is 1. The average Bonchev–Trinajstić information content (AvgIpc) is 3.17. The molecule has 0 spiro atoms. The van der Waals surface area contributed by atoms with Crippen molar-refractivity contribution in [3.05, 3.63) is 78.5 Å². The standard InChI is InChI=1S/C22H21N5O2/c1-29-19-10-6-5-9-18(19)17-11-12-23-20(14-17)27-21(25-22(26-27)24-15-28)13-16-7-3-2-4-8-16/h2-12,14-15,21H,13H2,1H3,(H2,24,25,26,28). The molecule has 0 saturated carbocycles. The maximum atomic E-state index is 10.9. The van der Waals surface area contributed by atoms with E-state index in [1.54, 1.807) is 13.3 Å². The molecule has 1 unspecified atom stereocenters. The summed E-state index contributed by atoms with van der Waals surface area (Å²) in [6, 6.07) is 21.8. The van der Waals surface area contributed by atoms with Crippen molar-refractivity contribution >= 4 is 18.2 Å². The predicted molar refractivity (Wildman–Crippen MR) is 112 cm³/mol. The number of hydrogen-bond donors (Lipinski definition) is 2. The fourth-order valence-corrected chi connectivity index (χ4v) is 3.32. The number of anilines is 1. The van der Waals surface area contributed by atoms with Gasteiger partial charge < -0.3 is 4.74 Å². The normalized spacial score (nSPS) is 15.4. The van der Waals surface area contributed by atoms with Crippen LogP contribution in [0.15, 0.2) is 77.9 Å². The number of nitrogens with one attached hydrogen (secondary N) is 2. The third-order valence-corrected chi connectivity index (χ3v) is 4.67. The Morgan fingerprint density at radius 2 is 1.93 bits per heavy atom. The van der Waals surface area contributed by atoms with Gasteiger partial charge in [-0.15, -0.1) is 0 Å². The van der Waals surface area contributed by atoms with Crippen molar-refractivity contribution in [2.75, 3.05) is 12.1 Å². The van der Waals surface area contributed by atoms with Crippen LogP contribution in [0.3, 0.4) is 0 Å². The van der Waals surface area contributed by atoms with Crippen molar-refractivity contribution in [2.24, 2.45) is 4.99 Å². The highest BCUT2D eigenvalue weighted by molar-refractivity contribution is 5.91. The Kier molecular flexibility index (Phi) is 5.38. The topological polar surface area (TPSA) is 78.9 Å². The van der Waals surface area contributed by atoms with Crippen molar-refractivity contribution in [3.63, 3.8) is 0 Å². The van der Waals surface area contributed by atoms with Crippen molar-refractivity contribution in [2.45, 2.75) is 12.6 Å². The number of nitrogens with zero attached hydrogens (tertiary/aromatic N) is 3. The highest BCUT2D eigenvalue weighted by Crippen LogP contribution is 2.31. The fraction of sp³-hybridized carbons (Fsp3) is 0.136. The summed E-state index contributed by atoms with van der Waals surface area (Å²) in [5.74, 6) is 1.88. The number of aliphatic imine (C=N–C) groups is 1. The van der Waals surface area contributed by atoms with Crippen LogP contribution in [0.4, 0.5) is 5.82 Å². The van der Waals surface area contributed by atoms with E-state index in [9.17, 15) is 4.79 Å². The average molecular weight is 387 g/mol. The van der Waals surface area contributed by atoms with E-state index < -0.39 is 0 Å². The lowest BCUT2D eigenvalue weighted by molar-refractivity contribution is -0.108. The van der Waals surface area contributed by atoms with Gasteiger partial charge in [-0.3, -0.25) is 15.5 Å². The first-order chi connectivity index (χ1) is 14.3. The summed E-state index contributed by atoms with van der Waals surface area (Å²) < 4.78 is 5.49. The Hall–Kier alpha value is -3.87. The van der Waals surface area contributed by atoms with Crippen LogP contribution in [-0.4, -0.2) is 30.6 Å². The van der Waals surface area contributed by atoms with Crippen molar-refractivity contribution in [1.29, 1.82) is 0 Å². The Morgan fingerprint density at radius 1 is 1.14 bits per heavy atom. The molecule has 2 heterocycles. The second kappa shape index (κ2) is 8.43. The lowest BCUT2D eigenvalue weighted by Gasteiger charge is -2.24. The maximum Gasteiger partial charge on any atom is 0.219 e. The van der Waals surface area contributed by atoms with Gasteiger partial charge in [-0.2, -0.15) is 0 Å². The molecule has 1 aliphatic heterocycles. The van der Waals surface area contributed by atoms with Gasteiger partial charge in [0, 0.05) is 18.2 Å². The van der Waals surface area contributed by atoms with E-state index in [1.807, 2.05) is 59.6 Å². The summed E-state index contributed by atoms with van der Waals surface area (Å²) in [4.78, 5) is 20.0. The molecule has 2 aromatic carbocycles. The molecular weight excluding hydrogens is 366 g/mol. The Labute approximate surface area is 169 Å². The van der Waals surface area contributed by atoms with Gasteiger partial charge >= 0.3 is 0 Å². The van der Waals surface area contributed by atoms with Crippen LogP contribution in [0.1, 0.15) is 5.56 Å². The fourth-order valence-electron chi connectivity index (χ4n) is 3.32. The molecule has 7 heteroatoms. The van der Waals surface area contributed by atoms with Crippen LogP contribution < -0.4 is 20.5 Å². The first-order valence-electron chi connectivity index (χ1n) is 9.25. The number of rotatable bonds is 6. The highest BCUT2D eigenvalue weighted by atomic mass is 16.5. The molecule has 0 saturated heterocycles. The maximum absolute atomic E-state index is 10.9. The molecule has 7 nitrogen and oxygen atoms in total. The molecular formula is C22H21N5O2. The second-order valence-electron chi connectivity index (χ2n) is 6.50. The molecule has 29 heavy (non-hydrogen) atoms. The number of guanidine groups is 1. The van der Waals surface area contributed by atoms with E-state index in [4.69, 9.17) is 4.74 Å². The third-order valence-electron chi connectivity index (χ3n) is 4.67. The number of carbonyl (C=O) groups is 1. The van der Waals surface area contributed by atoms with Gasteiger partial charge in [0.25, 0.3) is 0 Å². The highest BCUT2D eigenvalue weighted by Gasteiger charge is 2.28. The number of aromatic nitrogens is 1. The summed E-state index contributed by atoms with van der Waals surface area (Å²) in [6.45, 7) is 0. The number of hydrazine groups is 1. The molecule has 0 fully saturated rings. The van der Waals surface area contributed by atoms with Crippen LogP contribution in [0.2, 0.25) is 0 Å². The van der Waals surface area contributed by atoms with Crippen LogP contribution in [0, 0.1) is 0 Å². The largest absolute Gasteiger partial charge is 0.496 e. The van der Waals surface area contributed by atoms with E-state index in [0.29, 0.717) is 24.6 Å². The number of pyridine rings is 1. The molecule has 1 amide bonds. The lowest BCUT2D eigenvalue weighted by Crippen LogP contribution is -2.46. The smallest absolute Gasteiger partial charge is 0.219 e. The molecule has 0 aliphatic carbocycles. The summed E-state index contributed by atoms with van der Waals surface area (Å²) in [6.07, 6.45) is 2.77. The zero-order valence-electron chi connectivity index (χ0n) is 15.9. The van der Waals surface area contributed by atoms with Crippen LogP contribution in [0.25, 0.3) is 11.1 Å². The number of hydrogen-bond acceptors (Lipinski definition) is 6. The Morgan fingerprint density at radius 3 is 2.72 bits per heavy atom. The summed E-state index contributed by atoms with van der Waals surface area (Å²) >= 11 is 0. The summed E-state index contributed by atoms with van der Waals surface area (Å²) in [5.41, 5.74) is 6.23. The van der Waals surface area contributed by atoms with Crippen molar-refractivity contribution < 1.29 is 9.53 Å². The lowest BCUT2D eigenvalue weighted by atomic mass is 10.1. The van der Waals surface area contributed by atoms with Gasteiger partial charge in [0.2, 0.25) is 12.4 Å². The molecule has 146 valence electrons. The number of amides is 1. The first kappa shape index (κ1) is 18.5. The second-order valence-corrected chi connectivity index (χ2v) is 6.50. The van der Waals surface area contributed by atoms with Gasteiger partial charge in [0.05, 0.1) is 7.11 Å². The van der Waals surface area contributed by atoms with E-state index in [0.717, 1.165) is 22.4 Å². The van der Waals surface area contributed by atoms with Gasteiger partial charge in [-0.05, 0) is 29.3 Å². The van der Waals surface area contributed by atoms with Crippen molar-refractivity contribution in [1.82, 2.24) is 15.7 Å². The minimum absolute atomic E-state index is 0.250. The predicted octanol–water partition coefficient (Wildman–Crippen LogP) is 2.75. The number of ether oxygens (including phenoxy) is 1. The first-order valence-corrected chi connectivity index (χ1v) is 9.25. The van der Waals surface area contributed by atoms with Crippen molar-refractivity contribution in [3.8, 4) is 16.9 Å². The minimum Gasteiger partial charge on any atom is -0.496 e. The van der Waals surface area contributed by atoms with Crippen LogP contribution in [0.5, 0.6) is 5.75 Å². The third kappa shape index (κ3) is 4.03. The molecule has 1 atom stereocenters. The molecule has 0 bridgehead atoms. The Balaban J connectivity index is 1.66. The van der Waals surface area contributed by atoms with Gasteiger partial charge in [-0.25, -0.2) is 15.0 Å². The number of benzene rings is 2. The van der Waals surface area contributed by atoms with Crippen LogP contribution >= 0.6 is 0 Å². The molecule has 0 radical (unpaired) electrons. The van der Waals surface area contributed by atoms with E-state index >= 15 is 0 Å². The molecule has 1 aliphatic rings. The van der Waals surface area contributed by atoms with E-state index in [-0.39, 0.29) is 6.17 Å². The molecule has 4 rings (SSSR count).